The predicted molar refractivity (Wildman–Crippen MR) is 153 cm³/mol. The van der Waals surface area contributed by atoms with Crippen LogP contribution in [-0.2, 0) is 0 Å². The zero-order chi connectivity index (χ0) is 25.1. The van der Waals surface area contributed by atoms with Gasteiger partial charge < -0.3 is 14.1 Å². The number of hydrogen-bond acceptors (Lipinski definition) is 3. The van der Waals surface area contributed by atoms with Crippen LogP contribution in [0, 0.1) is 0 Å². The summed E-state index contributed by atoms with van der Waals surface area (Å²) in [6.45, 7) is 0. The minimum atomic E-state index is 0.739. The van der Waals surface area contributed by atoms with Gasteiger partial charge in [0.1, 0.15) is 18.2 Å². The third-order valence-electron chi connectivity index (χ3n) is 7.31. The molecule has 0 radical (unpaired) electrons. The number of benzene rings is 5. The van der Waals surface area contributed by atoms with Crippen LogP contribution < -0.4 is 9.64 Å². The highest BCUT2D eigenvalue weighted by atomic mass is 16.5. The fourth-order valence-electron chi connectivity index (χ4n) is 5.59. The molecule has 0 bridgehead atoms. The number of hydrogen-bond donors (Lipinski definition) is 0. The van der Waals surface area contributed by atoms with E-state index in [0.29, 0.717) is 0 Å². The highest BCUT2D eigenvalue weighted by Crippen LogP contribution is 2.46. The molecule has 180 valence electrons. The average Bonchev–Trinajstić information content (AvgIpc) is 3.58. The van der Waals surface area contributed by atoms with E-state index in [4.69, 9.17) is 9.15 Å². The van der Waals surface area contributed by atoms with E-state index in [-0.39, 0.29) is 0 Å². The lowest BCUT2D eigenvalue weighted by Gasteiger charge is -2.25. The Kier molecular flexibility index (Phi) is 4.49. The average molecular weight is 491 g/mol. The van der Waals surface area contributed by atoms with Crippen LogP contribution in [0.2, 0.25) is 0 Å². The van der Waals surface area contributed by atoms with Crippen LogP contribution in [-0.4, -0.2) is 4.57 Å². The molecule has 5 aromatic carbocycles. The first kappa shape index (κ1) is 20.9. The molecule has 1 aliphatic rings. The molecule has 2 aromatic heterocycles. The highest BCUT2D eigenvalue weighted by Gasteiger charge is 2.25. The van der Waals surface area contributed by atoms with E-state index in [1.165, 1.54) is 21.9 Å². The van der Waals surface area contributed by atoms with Crippen LogP contribution in [0.1, 0.15) is 0 Å². The van der Waals surface area contributed by atoms with Gasteiger partial charge in [0.2, 0.25) is 0 Å². The fourth-order valence-corrected chi connectivity index (χ4v) is 5.59. The normalized spacial score (nSPS) is 11.9. The molecule has 0 atom stereocenters. The Morgan fingerprint density at radius 3 is 1.95 bits per heavy atom. The third-order valence-corrected chi connectivity index (χ3v) is 7.31. The van der Waals surface area contributed by atoms with Gasteiger partial charge in [-0.25, -0.2) is 0 Å². The van der Waals surface area contributed by atoms with E-state index in [1.54, 1.807) is 12.5 Å². The van der Waals surface area contributed by atoms with E-state index < -0.39 is 0 Å². The zero-order valence-corrected chi connectivity index (χ0v) is 20.4. The Balaban J connectivity index is 1.24. The Morgan fingerprint density at radius 1 is 0.526 bits per heavy atom. The largest absolute Gasteiger partial charge is 0.466 e. The van der Waals surface area contributed by atoms with Gasteiger partial charge in [-0.15, -0.1) is 0 Å². The van der Waals surface area contributed by atoms with Crippen LogP contribution in [0.15, 0.2) is 138 Å². The first-order chi connectivity index (χ1) is 18.8. The number of anilines is 3. The van der Waals surface area contributed by atoms with Crippen molar-refractivity contribution in [2.75, 3.05) is 4.90 Å². The van der Waals surface area contributed by atoms with E-state index in [2.05, 4.69) is 113 Å². The molecular weight excluding hydrogens is 468 g/mol. The number of para-hydroxylation sites is 3. The number of furan rings is 1. The molecule has 7 aromatic rings. The lowest BCUT2D eigenvalue weighted by Crippen LogP contribution is -2.09. The van der Waals surface area contributed by atoms with Crippen molar-refractivity contribution in [2.24, 2.45) is 0 Å². The Morgan fingerprint density at radius 2 is 1.21 bits per heavy atom. The Bertz CT molecular complexity index is 1890. The molecule has 0 N–H and O–H groups in total. The molecule has 0 fully saturated rings. The number of aromatic nitrogens is 1. The Hall–Kier alpha value is -5.22. The van der Waals surface area contributed by atoms with Crippen LogP contribution in [0.4, 0.5) is 17.1 Å². The summed E-state index contributed by atoms with van der Waals surface area (Å²) in [6.07, 6.45) is 3.41. The molecular formula is C34H22N2O2. The van der Waals surface area contributed by atoms with Gasteiger partial charge in [0.15, 0.2) is 11.5 Å². The summed E-state index contributed by atoms with van der Waals surface area (Å²) in [5.41, 5.74) is 8.86. The summed E-state index contributed by atoms with van der Waals surface area (Å²) in [7, 11) is 0. The van der Waals surface area contributed by atoms with Crippen LogP contribution in [0.5, 0.6) is 11.5 Å². The topological polar surface area (TPSA) is 30.5 Å². The molecule has 4 nitrogen and oxygen atoms in total. The standard InChI is InChI=1S/C34H22N2O2/c1-3-8-25(9-4-1)35(26-10-5-2-6-11-26)27-17-14-23(15-18-27)24-16-19-30-29(20-24)28-12-7-13-32-34(28)36(30)31-21-37-22-33(31)38-32/h1-22H. The SMILES string of the molecule is c1ccc(N(c2ccccc2)c2ccc(-c3ccc4c(c3)c3cccc5c3n4-c3cocc3O5)cc2)cc1. The first-order valence-electron chi connectivity index (χ1n) is 12.7. The van der Waals surface area contributed by atoms with Crippen molar-refractivity contribution < 1.29 is 9.15 Å². The maximum Gasteiger partial charge on any atom is 0.189 e. The number of ether oxygens (including phenoxy) is 1. The molecule has 1 aliphatic heterocycles. The molecule has 38 heavy (non-hydrogen) atoms. The second-order valence-electron chi connectivity index (χ2n) is 9.50. The van der Waals surface area contributed by atoms with Gasteiger partial charge in [-0.1, -0.05) is 66.7 Å². The van der Waals surface area contributed by atoms with Gasteiger partial charge in [-0.3, -0.25) is 4.57 Å². The van der Waals surface area contributed by atoms with E-state index >= 15 is 0 Å². The predicted octanol–water partition coefficient (Wildman–Crippen LogP) is 9.62. The maximum atomic E-state index is 6.12. The molecule has 0 spiro atoms. The van der Waals surface area contributed by atoms with Gasteiger partial charge in [-0.05, 0) is 65.7 Å². The number of nitrogens with zero attached hydrogens (tertiary/aromatic N) is 2. The zero-order valence-electron chi connectivity index (χ0n) is 20.4. The van der Waals surface area contributed by atoms with Gasteiger partial charge in [-0.2, -0.15) is 0 Å². The van der Waals surface area contributed by atoms with Crippen LogP contribution in [0.3, 0.4) is 0 Å². The van der Waals surface area contributed by atoms with Gasteiger partial charge in [0.25, 0.3) is 0 Å². The molecule has 0 amide bonds. The van der Waals surface area contributed by atoms with Crippen molar-refractivity contribution in [3.05, 3.63) is 134 Å². The van der Waals surface area contributed by atoms with Gasteiger partial charge in [0.05, 0.1) is 11.0 Å². The molecule has 4 heteroatoms. The molecule has 0 unspecified atom stereocenters. The Labute approximate surface area is 219 Å². The van der Waals surface area contributed by atoms with Crippen LogP contribution in [0.25, 0.3) is 38.6 Å². The number of rotatable bonds is 4. The van der Waals surface area contributed by atoms with Crippen molar-refractivity contribution in [3.63, 3.8) is 0 Å². The summed E-state index contributed by atoms with van der Waals surface area (Å²) in [5.74, 6) is 1.59. The smallest absolute Gasteiger partial charge is 0.189 e. The monoisotopic (exact) mass is 490 g/mol. The van der Waals surface area contributed by atoms with Gasteiger partial charge in [0, 0.05) is 27.8 Å². The third kappa shape index (κ3) is 3.10. The quantitative estimate of drug-likeness (QED) is 0.246. The highest BCUT2D eigenvalue weighted by molar-refractivity contribution is 6.13. The lowest BCUT2D eigenvalue weighted by molar-refractivity contribution is 0.464. The summed E-state index contributed by atoms with van der Waals surface area (Å²) < 4.78 is 13.9. The molecule has 0 saturated carbocycles. The molecule has 8 rings (SSSR count). The summed E-state index contributed by atoms with van der Waals surface area (Å²) in [5, 5.41) is 2.36. The van der Waals surface area contributed by atoms with Crippen molar-refractivity contribution in [1.29, 1.82) is 0 Å². The fraction of sp³-hybridized carbons (Fsp3) is 0. The summed E-state index contributed by atoms with van der Waals surface area (Å²) >= 11 is 0. The second kappa shape index (κ2) is 8.15. The number of fused-ring (bicyclic) bond motifs is 5. The van der Waals surface area contributed by atoms with Crippen molar-refractivity contribution in [2.45, 2.75) is 0 Å². The molecule has 0 saturated heterocycles. The minimum absolute atomic E-state index is 0.739. The summed E-state index contributed by atoms with van der Waals surface area (Å²) in [4.78, 5) is 2.28. The maximum absolute atomic E-state index is 6.12. The van der Waals surface area contributed by atoms with Crippen molar-refractivity contribution in [3.8, 4) is 28.3 Å². The van der Waals surface area contributed by atoms with E-state index in [0.717, 1.165) is 45.3 Å². The van der Waals surface area contributed by atoms with E-state index in [1.807, 2.05) is 18.2 Å². The lowest BCUT2D eigenvalue weighted by atomic mass is 10.0. The van der Waals surface area contributed by atoms with Crippen molar-refractivity contribution >= 4 is 38.9 Å². The van der Waals surface area contributed by atoms with Gasteiger partial charge >= 0.3 is 0 Å². The first-order valence-corrected chi connectivity index (χ1v) is 12.7. The van der Waals surface area contributed by atoms with Crippen molar-refractivity contribution in [1.82, 2.24) is 4.57 Å². The van der Waals surface area contributed by atoms with Crippen LogP contribution >= 0.6 is 0 Å². The molecule has 3 heterocycles. The molecule has 0 aliphatic carbocycles. The summed E-state index contributed by atoms with van der Waals surface area (Å²) in [6, 6.07) is 42.7. The van der Waals surface area contributed by atoms with E-state index in [9.17, 15) is 0 Å². The minimum Gasteiger partial charge on any atom is -0.466 e. The second-order valence-corrected chi connectivity index (χ2v) is 9.50.